The third-order valence-corrected chi connectivity index (χ3v) is 3.86. The van der Waals surface area contributed by atoms with Gasteiger partial charge in [-0.2, -0.15) is 0 Å². The van der Waals surface area contributed by atoms with Crippen LogP contribution in [0, 0.1) is 5.82 Å². The van der Waals surface area contributed by atoms with Crippen molar-refractivity contribution in [2.24, 2.45) is 0 Å². The molecule has 0 spiro atoms. The van der Waals surface area contributed by atoms with Crippen LogP contribution in [-0.2, 0) is 9.53 Å². The highest BCUT2D eigenvalue weighted by Crippen LogP contribution is 2.22. The summed E-state index contributed by atoms with van der Waals surface area (Å²) in [6, 6.07) is 6.25. The second-order valence-electron chi connectivity index (χ2n) is 2.76. The summed E-state index contributed by atoms with van der Waals surface area (Å²) in [6.45, 7) is 0. The van der Waals surface area contributed by atoms with Crippen LogP contribution in [0.4, 0.5) is 4.39 Å². The maximum atomic E-state index is 12.8. The molecule has 1 aromatic carbocycles. The molecule has 0 aliphatic carbocycles. The van der Waals surface area contributed by atoms with Crippen LogP contribution >= 0.6 is 27.7 Å². The SMILES string of the molecule is COC(=O)C(Br)CSc1cccc(F)c1. The minimum atomic E-state index is -0.365. The smallest absolute Gasteiger partial charge is 0.320 e. The number of rotatable bonds is 4. The van der Waals surface area contributed by atoms with Gasteiger partial charge in [0.25, 0.3) is 0 Å². The van der Waals surface area contributed by atoms with Crippen molar-refractivity contribution in [2.75, 3.05) is 12.9 Å². The van der Waals surface area contributed by atoms with Crippen LogP contribution in [0.1, 0.15) is 0 Å². The van der Waals surface area contributed by atoms with E-state index >= 15 is 0 Å². The van der Waals surface area contributed by atoms with E-state index in [0.717, 1.165) is 4.90 Å². The molecule has 82 valence electrons. The van der Waals surface area contributed by atoms with Gasteiger partial charge in [0.15, 0.2) is 0 Å². The van der Waals surface area contributed by atoms with Crippen molar-refractivity contribution in [1.29, 1.82) is 0 Å². The number of ether oxygens (including phenoxy) is 1. The van der Waals surface area contributed by atoms with Gasteiger partial charge in [0.1, 0.15) is 10.6 Å². The summed E-state index contributed by atoms with van der Waals surface area (Å²) >= 11 is 4.59. The van der Waals surface area contributed by atoms with E-state index in [9.17, 15) is 9.18 Å². The second kappa shape index (κ2) is 6.12. The molecule has 15 heavy (non-hydrogen) atoms. The van der Waals surface area contributed by atoms with Gasteiger partial charge >= 0.3 is 5.97 Å². The molecule has 1 aromatic rings. The van der Waals surface area contributed by atoms with Crippen LogP contribution in [0.25, 0.3) is 0 Å². The molecule has 0 fully saturated rings. The minimum absolute atomic E-state index is 0.274. The van der Waals surface area contributed by atoms with Gasteiger partial charge in [-0.25, -0.2) is 4.39 Å². The van der Waals surface area contributed by atoms with Crippen LogP contribution in [-0.4, -0.2) is 23.7 Å². The van der Waals surface area contributed by atoms with E-state index in [1.165, 1.54) is 31.0 Å². The predicted octanol–water partition coefficient (Wildman–Crippen LogP) is 2.85. The van der Waals surface area contributed by atoms with Gasteiger partial charge in [-0.1, -0.05) is 22.0 Å². The molecule has 0 aromatic heterocycles. The number of halogens is 2. The summed E-state index contributed by atoms with van der Waals surface area (Å²) in [5.74, 6) is -0.0843. The van der Waals surface area contributed by atoms with Gasteiger partial charge in [0.2, 0.25) is 0 Å². The van der Waals surface area contributed by atoms with E-state index in [0.29, 0.717) is 5.75 Å². The van der Waals surface area contributed by atoms with Crippen LogP contribution in [0.2, 0.25) is 0 Å². The zero-order chi connectivity index (χ0) is 11.3. The summed E-state index contributed by atoms with van der Waals surface area (Å²) in [6.07, 6.45) is 0. The fraction of sp³-hybridized carbons (Fsp3) is 0.300. The summed E-state index contributed by atoms with van der Waals surface area (Å²) in [5.41, 5.74) is 0. The first kappa shape index (κ1) is 12.5. The molecule has 0 aliphatic heterocycles. The Morgan fingerprint density at radius 3 is 3.00 bits per heavy atom. The molecule has 0 N–H and O–H groups in total. The van der Waals surface area contributed by atoms with Crippen molar-refractivity contribution in [3.05, 3.63) is 30.1 Å². The Labute approximate surface area is 100 Å². The lowest BCUT2D eigenvalue weighted by atomic mass is 10.4. The van der Waals surface area contributed by atoms with E-state index in [2.05, 4.69) is 20.7 Å². The van der Waals surface area contributed by atoms with E-state index < -0.39 is 0 Å². The Morgan fingerprint density at radius 2 is 2.40 bits per heavy atom. The third-order valence-electron chi connectivity index (χ3n) is 1.65. The predicted molar refractivity (Wildman–Crippen MR) is 61.9 cm³/mol. The number of thioether (sulfide) groups is 1. The summed E-state index contributed by atoms with van der Waals surface area (Å²) in [4.78, 5) is 11.5. The zero-order valence-corrected chi connectivity index (χ0v) is 10.5. The van der Waals surface area contributed by atoms with E-state index in [1.807, 2.05) is 0 Å². The molecule has 1 rings (SSSR count). The zero-order valence-electron chi connectivity index (χ0n) is 8.07. The highest BCUT2D eigenvalue weighted by atomic mass is 79.9. The molecule has 5 heteroatoms. The highest BCUT2D eigenvalue weighted by Gasteiger charge is 2.15. The van der Waals surface area contributed by atoms with Crippen LogP contribution < -0.4 is 0 Å². The quantitative estimate of drug-likeness (QED) is 0.485. The van der Waals surface area contributed by atoms with Crippen molar-refractivity contribution in [3.8, 4) is 0 Å². The Kier molecular flexibility index (Phi) is 5.11. The molecule has 1 atom stereocenters. The van der Waals surface area contributed by atoms with Crippen molar-refractivity contribution >= 4 is 33.7 Å². The monoisotopic (exact) mass is 292 g/mol. The van der Waals surface area contributed by atoms with Crippen LogP contribution in [0.5, 0.6) is 0 Å². The van der Waals surface area contributed by atoms with Gasteiger partial charge in [-0.05, 0) is 18.2 Å². The normalized spacial score (nSPS) is 12.2. The van der Waals surface area contributed by atoms with Crippen molar-refractivity contribution in [1.82, 2.24) is 0 Å². The highest BCUT2D eigenvalue weighted by molar-refractivity contribution is 9.10. The summed E-state index contributed by atoms with van der Waals surface area (Å²) in [7, 11) is 1.34. The number of hydrogen-bond donors (Lipinski definition) is 0. The van der Waals surface area contributed by atoms with Crippen LogP contribution in [0.15, 0.2) is 29.2 Å². The fourth-order valence-corrected chi connectivity index (χ4v) is 2.35. The Hall–Kier alpha value is -0.550. The third kappa shape index (κ3) is 4.22. The maximum Gasteiger partial charge on any atom is 0.320 e. The largest absolute Gasteiger partial charge is 0.468 e. The average Bonchev–Trinajstić information content (AvgIpc) is 2.25. The molecule has 0 saturated carbocycles. The summed E-state index contributed by atoms with van der Waals surface area (Å²) < 4.78 is 17.4. The Morgan fingerprint density at radius 1 is 1.67 bits per heavy atom. The van der Waals surface area contributed by atoms with E-state index in [1.54, 1.807) is 12.1 Å². The van der Waals surface area contributed by atoms with Gasteiger partial charge < -0.3 is 4.74 Å². The molecular formula is C10H10BrFO2S. The maximum absolute atomic E-state index is 12.8. The van der Waals surface area contributed by atoms with Gasteiger partial charge in [-0.3, -0.25) is 4.79 Å². The number of hydrogen-bond acceptors (Lipinski definition) is 3. The van der Waals surface area contributed by atoms with Gasteiger partial charge in [0, 0.05) is 10.6 Å². The standard InChI is InChI=1S/C10H10BrFO2S/c1-14-10(13)9(11)6-15-8-4-2-3-7(12)5-8/h2-5,9H,6H2,1H3. The lowest BCUT2D eigenvalue weighted by molar-refractivity contribution is -0.139. The van der Waals surface area contributed by atoms with Crippen molar-refractivity contribution in [3.63, 3.8) is 0 Å². The number of carbonyl (C=O) groups is 1. The van der Waals surface area contributed by atoms with Crippen molar-refractivity contribution in [2.45, 2.75) is 9.72 Å². The number of carbonyl (C=O) groups excluding carboxylic acids is 1. The first-order valence-electron chi connectivity index (χ1n) is 4.23. The molecule has 0 bridgehead atoms. The number of alkyl halides is 1. The van der Waals surface area contributed by atoms with Crippen molar-refractivity contribution < 1.29 is 13.9 Å². The van der Waals surface area contributed by atoms with E-state index in [4.69, 9.17) is 0 Å². The van der Waals surface area contributed by atoms with E-state index in [-0.39, 0.29) is 16.6 Å². The number of benzene rings is 1. The van der Waals surface area contributed by atoms with Crippen LogP contribution in [0.3, 0.4) is 0 Å². The minimum Gasteiger partial charge on any atom is -0.468 e. The molecule has 2 nitrogen and oxygen atoms in total. The Balaban J connectivity index is 2.47. The average molecular weight is 293 g/mol. The number of esters is 1. The van der Waals surface area contributed by atoms with Gasteiger partial charge in [-0.15, -0.1) is 11.8 Å². The first-order valence-corrected chi connectivity index (χ1v) is 6.14. The molecule has 0 radical (unpaired) electrons. The Bertz CT molecular complexity index is 346. The van der Waals surface area contributed by atoms with Gasteiger partial charge in [0.05, 0.1) is 7.11 Å². The lowest BCUT2D eigenvalue weighted by Crippen LogP contribution is -2.17. The first-order chi connectivity index (χ1) is 7.13. The topological polar surface area (TPSA) is 26.3 Å². The fourth-order valence-electron chi connectivity index (χ4n) is 0.922. The summed E-state index contributed by atoms with van der Waals surface area (Å²) in [5, 5.41) is 0. The molecular weight excluding hydrogens is 283 g/mol. The molecule has 0 heterocycles. The number of methoxy groups -OCH3 is 1. The molecule has 0 aliphatic rings. The molecule has 1 unspecified atom stereocenters. The molecule has 0 amide bonds. The molecule has 0 saturated heterocycles. The second-order valence-corrected chi connectivity index (χ2v) is 4.96. The lowest BCUT2D eigenvalue weighted by Gasteiger charge is -2.06.